The molecule has 2 bridgehead atoms. The van der Waals surface area contributed by atoms with Crippen molar-refractivity contribution in [1.82, 2.24) is 9.80 Å². The Morgan fingerprint density at radius 1 is 1.12 bits per heavy atom. The molecular weight excluding hydrogens is 582 g/mol. The second-order valence-electron chi connectivity index (χ2n) is 11.7. The molecule has 228 valence electrons. The van der Waals surface area contributed by atoms with Crippen LogP contribution in [0.3, 0.4) is 0 Å². The van der Waals surface area contributed by atoms with E-state index < -0.39 is 28.7 Å². The fourth-order valence-electron chi connectivity index (χ4n) is 7.45. The lowest BCUT2D eigenvalue weighted by molar-refractivity contribution is -0.146. The average molecular weight is 622 g/mol. The summed E-state index contributed by atoms with van der Waals surface area (Å²) in [6.07, 6.45) is 4.59. The van der Waals surface area contributed by atoms with Crippen molar-refractivity contribution in [2.75, 3.05) is 24.6 Å². The largest absolute Gasteiger partial charge is 0.394 e. The molecule has 0 radical (unpaired) electrons. The van der Waals surface area contributed by atoms with Crippen molar-refractivity contribution in [3.05, 3.63) is 90.5 Å². The Hall–Kier alpha value is -3.07. The van der Waals surface area contributed by atoms with E-state index in [-0.39, 0.29) is 42.0 Å². The predicted octanol–water partition coefficient (Wildman–Crippen LogP) is 5.18. The first-order chi connectivity index (χ1) is 20.7. The number of carbonyl (C=O) groups is 3. The molecule has 2 aromatic carbocycles. The van der Waals surface area contributed by atoms with Crippen LogP contribution in [0.25, 0.3) is 0 Å². The highest BCUT2D eigenvalue weighted by atomic mass is 35.5. The number of likely N-dealkylation sites (tertiary alicyclic amines) is 1. The lowest BCUT2D eigenvalue weighted by atomic mass is 9.65. The molecular formula is C34H40ClN3O4S. The van der Waals surface area contributed by atoms with Gasteiger partial charge < -0.3 is 19.8 Å². The number of fused-ring (bicyclic) bond motifs is 1. The Morgan fingerprint density at radius 2 is 1.79 bits per heavy atom. The molecule has 3 aliphatic heterocycles. The molecule has 3 unspecified atom stereocenters. The molecule has 3 fully saturated rings. The molecule has 5 rings (SSSR count). The van der Waals surface area contributed by atoms with Crippen molar-refractivity contribution in [3.8, 4) is 0 Å². The van der Waals surface area contributed by atoms with Crippen molar-refractivity contribution >= 4 is 46.8 Å². The zero-order valence-electron chi connectivity index (χ0n) is 24.8. The maximum absolute atomic E-state index is 14.8. The Labute approximate surface area is 263 Å². The highest BCUT2D eigenvalue weighted by Gasteiger charge is 2.77. The number of rotatable bonds is 12. The number of halogens is 1. The number of anilines is 1. The number of amides is 3. The Bertz CT molecular complexity index is 1370. The van der Waals surface area contributed by atoms with E-state index >= 15 is 0 Å². The first-order valence-corrected chi connectivity index (χ1v) is 16.2. The van der Waals surface area contributed by atoms with Gasteiger partial charge in [0.2, 0.25) is 11.8 Å². The average Bonchev–Trinajstić information content (AvgIpc) is 3.60. The summed E-state index contributed by atoms with van der Waals surface area (Å²) in [6.45, 7) is 12.5. The Morgan fingerprint density at radius 3 is 2.40 bits per heavy atom. The minimum atomic E-state index is -0.845. The summed E-state index contributed by atoms with van der Waals surface area (Å²) < 4.78 is -0.805. The Balaban J connectivity index is 1.58. The molecule has 9 heteroatoms. The van der Waals surface area contributed by atoms with Crippen molar-refractivity contribution in [2.24, 2.45) is 17.8 Å². The lowest BCUT2D eigenvalue weighted by Gasteiger charge is -2.42. The van der Waals surface area contributed by atoms with E-state index in [2.05, 4.69) is 20.1 Å². The van der Waals surface area contributed by atoms with E-state index in [1.807, 2.05) is 37.3 Å². The van der Waals surface area contributed by atoms with E-state index in [4.69, 9.17) is 11.6 Å². The topological polar surface area (TPSA) is 81.2 Å². The van der Waals surface area contributed by atoms with Gasteiger partial charge in [0.15, 0.2) is 0 Å². The van der Waals surface area contributed by atoms with Crippen LogP contribution in [0.4, 0.5) is 5.69 Å². The van der Waals surface area contributed by atoms with Crippen LogP contribution in [0.15, 0.2) is 79.9 Å². The fourth-order valence-corrected chi connectivity index (χ4v) is 9.97. The second-order valence-corrected chi connectivity index (χ2v) is 13.7. The van der Waals surface area contributed by atoms with Gasteiger partial charge in [-0.3, -0.25) is 14.4 Å². The van der Waals surface area contributed by atoms with Gasteiger partial charge in [-0.05, 0) is 48.6 Å². The molecule has 7 nitrogen and oxygen atoms in total. The van der Waals surface area contributed by atoms with Gasteiger partial charge in [-0.25, -0.2) is 0 Å². The van der Waals surface area contributed by atoms with Gasteiger partial charge in [-0.1, -0.05) is 67.9 Å². The highest BCUT2D eigenvalue weighted by Crippen LogP contribution is 2.69. The molecule has 7 atom stereocenters. The number of benzene rings is 2. The summed E-state index contributed by atoms with van der Waals surface area (Å²) in [5, 5.41) is 10.9. The molecule has 0 aliphatic carbocycles. The van der Waals surface area contributed by atoms with Crippen LogP contribution in [0.5, 0.6) is 0 Å². The van der Waals surface area contributed by atoms with Gasteiger partial charge in [-0.15, -0.1) is 24.9 Å². The standard InChI is InChI=1S/C34H40ClN3O4S/c1-5-17-36(20-23-11-9-8-10-12-23)31(40)28-27-19-22(4)34(43-27)29(28)32(41)38(25(7-3)21-39)30(34)33(42)37(18-6-2)26-15-13-24(35)14-16-26/h5-6,8-16,22,25,27-30,39H,1-2,7,17-21H2,3-4H3/t22?,25-,27+,28-,29-,30?,34?/m0/s1. The van der Waals surface area contributed by atoms with Crippen LogP contribution < -0.4 is 4.90 Å². The molecule has 3 heterocycles. The maximum Gasteiger partial charge on any atom is 0.251 e. The minimum Gasteiger partial charge on any atom is -0.394 e. The van der Waals surface area contributed by atoms with Crippen LogP contribution in [0, 0.1) is 17.8 Å². The van der Waals surface area contributed by atoms with Crippen molar-refractivity contribution in [2.45, 2.75) is 55.3 Å². The Kier molecular flexibility index (Phi) is 9.40. The fraction of sp³-hybridized carbons (Fsp3) is 0.441. The van der Waals surface area contributed by atoms with Gasteiger partial charge in [-0.2, -0.15) is 0 Å². The van der Waals surface area contributed by atoms with E-state index in [1.165, 1.54) is 0 Å². The molecule has 1 spiro atoms. The molecule has 0 aromatic heterocycles. The molecule has 43 heavy (non-hydrogen) atoms. The summed E-state index contributed by atoms with van der Waals surface area (Å²) >= 11 is 7.80. The lowest BCUT2D eigenvalue weighted by Crippen LogP contribution is -2.59. The van der Waals surface area contributed by atoms with E-state index in [0.29, 0.717) is 30.2 Å². The third kappa shape index (κ3) is 5.32. The van der Waals surface area contributed by atoms with Gasteiger partial charge >= 0.3 is 0 Å². The molecule has 0 saturated carbocycles. The van der Waals surface area contributed by atoms with Crippen LogP contribution in [0.2, 0.25) is 5.02 Å². The smallest absolute Gasteiger partial charge is 0.251 e. The summed E-state index contributed by atoms with van der Waals surface area (Å²) in [6, 6.07) is 15.4. The van der Waals surface area contributed by atoms with Crippen molar-refractivity contribution < 1.29 is 19.5 Å². The molecule has 2 aromatic rings. The molecule has 3 saturated heterocycles. The van der Waals surface area contributed by atoms with Crippen LogP contribution in [-0.2, 0) is 20.9 Å². The van der Waals surface area contributed by atoms with Crippen molar-refractivity contribution in [1.29, 1.82) is 0 Å². The number of thioether (sulfide) groups is 1. The molecule has 1 N–H and O–H groups in total. The number of nitrogens with zero attached hydrogens (tertiary/aromatic N) is 3. The van der Waals surface area contributed by atoms with Crippen molar-refractivity contribution in [3.63, 3.8) is 0 Å². The van der Waals surface area contributed by atoms with Crippen LogP contribution in [-0.4, -0.2) is 74.4 Å². The zero-order valence-corrected chi connectivity index (χ0v) is 26.3. The highest BCUT2D eigenvalue weighted by molar-refractivity contribution is 8.02. The summed E-state index contributed by atoms with van der Waals surface area (Å²) in [7, 11) is 0. The minimum absolute atomic E-state index is 0.00780. The summed E-state index contributed by atoms with van der Waals surface area (Å²) in [5.41, 5.74) is 1.65. The predicted molar refractivity (Wildman–Crippen MR) is 173 cm³/mol. The number of aliphatic hydroxyl groups excluding tert-OH is 1. The van der Waals surface area contributed by atoms with Gasteiger partial charge in [0.05, 0.1) is 29.2 Å². The summed E-state index contributed by atoms with van der Waals surface area (Å²) in [5.74, 6) is -1.77. The van der Waals surface area contributed by atoms with Gasteiger partial charge in [0.25, 0.3) is 5.91 Å². The quantitative estimate of drug-likeness (QED) is 0.330. The number of hydrogen-bond acceptors (Lipinski definition) is 5. The normalized spacial score (nSPS) is 28.0. The molecule has 3 amide bonds. The van der Waals surface area contributed by atoms with E-state index in [0.717, 1.165) is 12.0 Å². The van der Waals surface area contributed by atoms with E-state index in [1.54, 1.807) is 62.9 Å². The van der Waals surface area contributed by atoms with Gasteiger partial charge in [0.1, 0.15) is 6.04 Å². The zero-order chi connectivity index (χ0) is 30.9. The second kappa shape index (κ2) is 12.9. The molecule has 3 aliphatic rings. The third-order valence-corrected chi connectivity index (χ3v) is 11.7. The van der Waals surface area contributed by atoms with Crippen LogP contribution >= 0.6 is 23.4 Å². The van der Waals surface area contributed by atoms with Gasteiger partial charge in [0, 0.05) is 35.6 Å². The first-order valence-electron chi connectivity index (χ1n) is 15.0. The SMILES string of the molecule is C=CCN(Cc1ccccc1)C(=O)[C@@H]1[C@H]2C(=O)N([C@@H](CC)CO)C(C(=O)N(CC=C)c3ccc(Cl)cc3)C23S[C@@H]1CC3C. The number of hydrogen-bond donors (Lipinski definition) is 1. The van der Waals surface area contributed by atoms with E-state index in [9.17, 15) is 19.5 Å². The first kappa shape index (κ1) is 31.4. The third-order valence-electron chi connectivity index (χ3n) is 9.37. The summed E-state index contributed by atoms with van der Waals surface area (Å²) in [4.78, 5) is 48.9. The number of carbonyl (C=O) groups excluding carboxylic acids is 3. The number of aliphatic hydroxyl groups is 1. The van der Waals surface area contributed by atoms with Crippen LogP contribution in [0.1, 0.15) is 32.3 Å². The maximum atomic E-state index is 14.8. The monoisotopic (exact) mass is 621 g/mol.